The lowest BCUT2D eigenvalue weighted by molar-refractivity contribution is -0.0612. The number of aromatic nitrogens is 2. The quantitative estimate of drug-likeness (QED) is 0.579. The highest BCUT2D eigenvalue weighted by atomic mass is 28.4. The highest BCUT2D eigenvalue weighted by molar-refractivity contribution is 6.74. The largest absolute Gasteiger partial charge is 0.414 e. The number of anilines is 1. The smallest absolute Gasteiger partial charge is 0.351 e. The molecule has 184 valence electrons. The minimum Gasteiger partial charge on any atom is -0.414 e. The van der Waals surface area contributed by atoms with Crippen molar-refractivity contribution in [2.45, 2.75) is 102 Å². The molecule has 0 spiro atoms. The van der Waals surface area contributed by atoms with E-state index in [4.69, 9.17) is 24.1 Å². The molecule has 0 radical (unpaired) electrons. The summed E-state index contributed by atoms with van der Waals surface area (Å²) in [5.41, 5.74) is 5.21. The second kappa shape index (κ2) is 9.30. The first-order valence-electron chi connectivity index (χ1n) is 11.3. The van der Waals surface area contributed by atoms with Gasteiger partial charge in [-0.3, -0.25) is 4.57 Å². The molecule has 1 aromatic heterocycles. The molecule has 1 aliphatic rings. The van der Waals surface area contributed by atoms with E-state index in [0.717, 1.165) is 0 Å². The Labute approximate surface area is 195 Å². The van der Waals surface area contributed by atoms with Gasteiger partial charge in [0.1, 0.15) is 24.1 Å². The first kappa shape index (κ1) is 27.2. The van der Waals surface area contributed by atoms with Gasteiger partial charge in [0.05, 0.1) is 6.61 Å². The number of nitrogens with zero attached hydrogens (tertiary/aromatic N) is 2. The summed E-state index contributed by atoms with van der Waals surface area (Å²) in [7, 11) is -2.55. The van der Waals surface area contributed by atoms with Crippen molar-refractivity contribution in [1.82, 2.24) is 9.55 Å². The predicted octanol–water partition coefficient (Wildman–Crippen LogP) is 4.15. The lowest BCUT2D eigenvalue weighted by atomic mass is 10.1. The fraction of sp³-hybridized carbons (Fsp3) is 0.818. The summed E-state index contributed by atoms with van der Waals surface area (Å²) in [6.45, 7) is 22.4. The van der Waals surface area contributed by atoms with E-state index >= 15 is 0 Å². The minimum atomic E-state index is -2.16. The standard InChI is InChI=1S/C22H43N3O5Si2/c1-21(2,3)31(8,9)28-14-15-17(30-32(10,11)22(4,5)6)18(27-7)19(29-15)25-13-12-16(23)24-20(25)26/h12-13,15,17-19H,14H2,1-11H3,(H2,23,24,26)/t15-,17-,18-,19-/m1/s1. The van der Waals surface area contributed by atoms with Gasteiger partial charge >= 0.3 is 5.69 Å². The van der Waals surface area contributed by atoms with Crippen LogP contribution in [-0.2, 0) is 18.3 Å². The average molecular weight is 486 g/mol. The van der Waals surface area contributed by atoms with Crippen LogP contribution in [0.1, 0.15) is 47.8 Å². The van der Waals surface area contributed by atoms with Gasteiger partial charge in [-0.1, -0.05) is 41.5 Å². The molecule has 2 N–H and O–H groups in total. The molecular weight excluding hydrogens is 442 g/mol. The number of hydrogen-bond acceptors (Lipinski definition) is 7. The lowest BCUT2D eigenvalue weighted by Gasteiger charge is -2.41. The SMILES string of the molecule is CO[C@@H]1[C@H](O[Si](C)(C)C(C)(C)C)[C@@H](CO[Si](C)(C)C(C)(C)C)O[C@H]1n1ccc(N)nc1=O. The highest BCUT2D eigenvalue weighted by Gasteiger charge is 2.52. The van der Waals surface area contributed by atoms with Gasteiger partial charge in [-0.25, -0.2) is 4.79 Å². The zero-order valence-electron chi connectivity index (χ0n) is 21.7. The number of rotatable bonds is 7. The van der Waals surface area contributed by atoms with E-state index in [1.54, 1.807) is 19.4 Å². The van der Waals surface area contributed by atoms with E-state index in [9.17, 15) is 4.79 Å². The molecule has 2 heterocycles. The fourth-order valence-electron chi connectivity index (χ4n) is 3.10. The Bertz CT molecular complexity index is 845. The van der Waals surface area contributed by atoms with Crippen LogP contribution in [0, 0.1) is 0 Å². The van der Waals surface area contributed by atoms with Crippen LogP contribution in [0.25, 0.3) is 0 Å². The van der Waals surface area contributed by atoms with Crippen LogP contribution >= 0.6 is 0 Å². The summed E-state index contributed by atoms with van der Waals surface area (Å²) in [6.07, 6.45) is -0.316. The number of methoxy groups -OCH3 is 1. The van der Waals surface area contributed by atoms with E-state index < -0.39 is 34.7 Å². The van der Waals surface area contributed by atoms with Crippen LogP contribution in [0.3, 0.4) is 0 Å². The summed E-state index contributed by atoms with van der Waals surface area (Å²) >= 11 is 0. The Morgan fingerprint density at radius 1 is 1.06 bits per heavy atom. The van der Waals surface area contributed by atoms with Crippen LogP contribution in [0.5, 0.6) is 0 Å². The number of hydrogen-bond donors (Lipinski definition) is 1. The summed E-state index contributed by atoms with van der Waals surface area (Å²) in [4.78, 5) is 16.4. The molecule has 0 amide bonds. The van der Waals surface area contributed by atoms with Crippen LogP contribution < -0.4 is 11.4 Å². The van der Waals surface area contributed by atoms with Crippen molar-refractivity contribution in [2.24, 2.45) is 0 Å². The third-order valence-electron chi connectivity index (χ3n) is 7.33. The molecule has 2 rings (SSSR count). The summed E-state index contributed by atoms with van der Waals surface area (Å²) < 4.78 is 27.0. The number of nitrogen functional groups attached to an aromatic ring is 1. The third-order valence-corrected chi connectivity index (χ3v) is 16.3. The van der Waals surface area contributed by atoms with E-state index in [1.165, 1.54) is 4.57 Å². The van der Waals surface area contributed by atoms with E-state index in [1.807, 2.05) is 0 Å². The molecule has 32 heavy (non-hydrogen) atoms. The molecule has 8 nitrogen and oxygen atoms in total. The topological polar surface area (TPSA) is 97.8 Å². The Kier molecular flexibility index (Phi) is 7.91. The zero-order chi connectivity index (χ0) is 24.7. The molecule has 0 aromatic carbocycles. The van der Waals surface area contributed by atoms with Crippen molar-refractivity contribution >= 4 is 22.5 Å². The summed E-state index contributed by atoms with van der Waals surface area (Å²) in [6, 6.07) is 1.58. The number of nitrogens with two attached hydrogens (primary N) is 1. The first-order chi connectivity index (χ1) is 14.4. The van der Waals surface area contributed by atoms with Crippen molar-refractivity contribution in [3.8, 4) is 0 Å². The second-order valence-corrected chi connectivity index (χ2v) is 21.3. The van der Waals surface area contributed by atoms with E-state index in [-0.39, 0.29) is 28.1 Å². The van der Waals surface area contributed by atoms with Crippen molar-refractivity contribution in [3.05, 3.63) is 22.7 Å². The van der Waals surface area contributed by atoms with Crippen molar-refractivity contribution in [3.63, 3.8) is 0 Å². The van der Waals surface area contributed by atoms with E-state index in [2.05, 4.69) is 72.7 Å². The Hall–Kier alpha value is -1.05. The van der Waals surface area contributed by atoms with Crippen molar-refractivity contribution < 1.29 is 18.3 Å². The maximum atomic E-state index is 12.6. The van der Waals surface area contributed by atoms with Crippen LogP contribution in [0.15, 0.2) is 17.1 Å². The molecular formula is C22H43N3O5Si2. The van der Waals surface area contributed by atoms with Crippen LogP contribution in [0.4, 0.5) is 5.82 Å². The molecule has 1 aromatic rings. The first-order valence-corrected chi connectivity index (χ1v) is 17.1. The highest BCUT2D eigenvalue weighted by Crippen LogP contribution is 2.43. The fourth-order valence-corrected chi connectivity index (χ4v) is 5.44. The van der Waals surface area contributed by atoms with Gasteiger partial charge in [-0.2, -0.15) is 4.98 Å². The molecule has 0 aliphatic carbocycles. The van der Waals surface area contributed by atoms with Gasteiger partial charge < -0.3 is 24.1 Å². The predicted molar refractivity (Wildman–Crippen MR) is 133 cm³/mol. The third kappa shape index (κ3) is 5.71. The Morgan fingerprint density at radius 2 is 1.62 bits per heavy atom. The molecule has 0 saturated carbocycles. The molecule has 0 bridgehead atoms. The molecule has 0 unspecified atom stereocenters. The molecule has 1 saturated heterocycles. The molecule has 4 atom stereocenters. The van der Waals surface area contributed by atoms with Gasteiger partial charge in [0.25, 0.3) is 0 Å². The van der Waals surface area contributed by atoms with Crippen molar-refractivity contribution in [1.29, 1.82) is 0 Å². The van der Waals surface area contributed by atoms with Crippen LogP contribution in [-0.4, -0.2) is 58.2 Å². The Morgan fingerprint density at radius 3 is 2.09 bits per heavy atom. The molecule has 10 heteroatoms. The maximum absolute atomic E-state index is 12.6. The van der Waals surface area contributed by atoms with Crippen LogP contribution in [0.2, 0.25) is 36.3 Å². The van der Waals surface area contributed by atoms with Gasteiger partial charge in [-0.15, -0.1) is 0 Å². The lowest BCUT2D eigenvalue weighted by Crippen LogP contribution is -2.51. The maximum Gasteiger partial charge on any atom is 0.351 e. The zero-order valence-corrected chi connectivity index (χ0v) is 23.7. The number of ether oxygens (including phenoxy) is 2. The summed E-state index contributed by atoms with van der Waals surface area (Å²) in [5.74, 6) is 0.171. The van der Waals surface area contributed by atoms with Gasteiger partial charge in [0.15, 0.2) is 22.9 Å². The Balaban J connectivity index is 2.42. The second-order valence-electron chi connectivity index (χ2n) is 11.7. The van der Waals surface area contributed by atoms with Gasteiger partial charge in [-0.05, 0) is 42.3 Å². The summed E-state index contributed by atoms with van der Waals surface area (Å²) in [5, 5.41) is 0.0765. The normalized spacial score (nSPS) is 25.3. The van der Waals surface area contributed by atoms with Gasteiger partial charge in [0.2, 0.25) is 0 Å². The molecule has 1 aliphatic heterocycles. The minimum absolute atomic E-state index is 0.00774. The van der Waals surface area contributed by atoms with Crippen molar-refractivity contribution in [2.75, 3.05) is 19.5 Å². The van der Waals surface area contributed by atoms with E-state index in [0.29, 0.717) is 6.61 Å². The molecule has 1 fully saturated rings. The average Bonchev–Trinajstić information content (AvgIpc) is 2.94. The monoisotopic (exact) mass is 485 g/mol. The van der Waals surface area contributed by atoms with Gasteiger partial charge in [0, 0.05) is 13.3 Å².